The molecule has 0 radical (unpaired) electrons. The third-order valence-electron chi connectivity index (χ3n) is 2.97. The first-order valence-electron chi connectivity index (χ1n) is 5.88. The van der Waals surface area contributed by atoms with Crippen LogP contribution >= 0.6 is 0 Å². The van der Waals surface area contributed by atoms with Crippen molar-refractivity contribution in [3.05, 3.63) is 59.4 Å². The molecule has 0 aliphatic rings. The zero-order chi connectivity index (χ0) is 13.1. The lowest BCUT2D eigenvalue weighted by Crippen LogP contribution is -2.08. The lowest BCUT2D eigenvalue weighted by Gasteiger charge is -2.18. The lowest BCUT2D eigenvalue weighted by atomic mass is 10.1. The molecule has 0 aliphatic heterocycles. The van der Waals surface area contributed by atoms with Crippen LogP contribution in [0.1, 0.15) is 24.1 Å². The summed E-state index contributed by atoms with van der Waals surface area (Å²) in [5.74, 6) is -0.244. The fraction of sp³-hybridized carbons (Fsp3) is 0.200. The van der Waals surface area contributed by atoms with Gasteiger partial charge in [0.1, 0.15) is 11.6 Å². The lowest BCUT2D eigenvalue weighted by molar-refractivity contribution is 0.462. The molecule has 94 valence electrons. The number of nitrogens with one attached hydrogen (secondary N) is 1. The molecule has 2 nitrogen and oxygen atoms in total. The van der Waals surface area contributed by atoms with E-state index in [1.807, 2.05) is 38.1 Å². The third kappa shape index (κ3) is 2.62. The fourth-order valence-electron chi connectivity index (χ4n) is 1.92. The molecule has 3 heteroatoms. The molecule has 2 N–H and O–H groups in total. The Kier molecular flexibility index (Phi) is 3.51. The predicted molar refractivity (Wildman–Crippen MR) is 71.3 cm³/mol. The van der Waals surface area contributed by atoms with Gasteiger partial charge in [0.2, 0.25) is 0 Å². The van der Waals surface area contributed by atoms with Crippen LogP contribution in [0, 0.1) is 12.7 Å². The normalized spacial score (nSPS) is 12.2. The average Bonchev–Trinajstić information content (AvgIpc) is 2.35. The van der Waals surface area contributed by atoms with Gasteiger partial charge in [0.25, 0.3) is 0 Å². The first-order valence-corrected chi connectivity index (χ1v) is 5.88. The maximum atomic E-state index is 13.2. The van der Waals surface area contributed by atoms with Gasteiger partial charge in [-0.05, 0) is 43.7 Å². The molecular formula is C15H16FNO. The molecule has 0 fully saturated rings. The summed E-state index contributed by atoms with van der Waals surface area (Å²) in [4.78, 5) is 0. The van der Waals surface area contributed by atoms with Gasteiger partial charge >= 0.3 is 0 Å². The van der Waals surface area contributed by atoms with Crippen molar-refractivity contribution < 1.29 is 9.50 Å². The molecule has 1 atom stereocenters. The minimum atomic E-state index is -0.346. The van der Waals surface area contributed by atoms with Gasteiger partial charge in [0.05, 0.1) is 6.04 Å². The minimum Gasteiger partial charge on any atom is -0.508 e. The summed E-state index contributed by atoms with van der Waals surface area (Å²) >= 11 is 0. The van der Waals surface area contributed by atoms with Gasteiger partial charge in [-0.3, -0.25) is 0 Å². The molecule has 2 aromatic rings. The number of aromatic hydroxyl groups is 1. The number of para-hydroxylation sites is 1. The fourth-order valence-corrected chi connectivity index (χ4v) is 1.92. The number of rotatable bonds is 3. The summed E-state index contributed by atoms with van der Waals surface area (Å²) in [5.41, 5.74) is 2.65. The summed E-state index contributed by atoms with van der Waals surface area (Å²) in [6.45, 7) is 3.89. The van der Waals surface area contributed by atoms with Gasteiger partial charge in [-0.1, -0.05) is 18.2 Å². The Bertz CT molecular complexity index is 554. The molecule has 0 heterocycles. The van der Waals surface area contributed by atoms with Crippen molar-refractivity contribution in [1.82, 2.24) is 0 Å². The van der Waals surface area contributed by atoms with E-state index in [-0.39, 0.29) is 17.6 Å². The predicted octanol–water partition coefficient (Wildman–Crippen LogP) is 4.01. The number of phenols is 1. The van der Waals surface area contributed by atoms with Crippen molar-refractivity contribution in [3.63, 3.8) is 0 Å². The van der Waals surface area contributed by atoms with Crippen molar-refractivity contribution in [3.8, 4) is 5.75 Å². The smallest absolute Gasteiger partial charge is 0.123 e. The van der Waals surface area contributed by atoms with E-state index in [0.717, 1.165) is 11.3 Å². The Balaban J connectivity index is 2.25. The molecule has 1 unspecified atom stereocenters. The molecule has 2 rings (SSSR count). The maximum Gasteiger partial charge on any atom is 0.123 e. The molecule has 0 saturated heterocycles. The highest BCUT2D eigenvalue weighted by molar-refractivity contribution is 5.52. The summed E-state index contributed by atoms with van der Waals surface area (Å²) < 4.78 is 13.2. The molecular weight excluding hydrogens is 229 g/mol. The van der Waals surface area contributed by atoms with Gasteiger partial charge in [-0.25, -0.2) is 4.39 Å². The summed E-state index contributed by atoms with van der Waals surface area (Å²) in [6, 6.07) is 11.7. The molecule has 0 saturated carbocycles. The van der Waals surface area contributed by atoms with Crippen LogP contribution in [0.3, 0.4) is 0 Å². The van der Waals surface area contributed by atoms with Crippen LogP contribution in [0.25, 0.3) is 0 Å². The molecule has 0 aliphatic carbocycles. The molecule has 18 heavy (non-hydrogen) atoms. The van der Waals surface area contributed by atoms with E-state index in [1.165, 1.54) is 18.2 Å². The highest BCUT2D eigenvalue weighted by Gasteiger charge is 2.12. The Morgan fingerprint density at radius 3 is 2.61 bits per heavy atom. The van der Waals surface area contributed by atoms with Gasteiger partial charge in [0.15, 0.2) is 0 Å². The van der Waals surface area contributed by atoms with Crippen molar-refractivity contribution in [2.24, 2.45) is 0 Å². The van der Waals surface area contributed by atoms with Crippen LogP contribution in [0.4, 0.5) is 10.1 Å². The minimum absolute atomic E-state index is 0.102. The van der Waals surface area contributed by atoms with Crippen molar-refractivity contribution in [1.29, 1.82) is 0 Å². The van der Waals surface area contributed by atoms with Crippen molar-refractivity contribution in [2.75, 3.05) is 5.32 Å². The number of hydrogen-bond acceptors (Lipinski definition) is 2. The Labute approximate surface area is 106 Å². The van der Waals surface area contributed by atoms with E-state index in [1.54, 1.807) is 0 Å². The zero-order valence-corrected chi connectivity index (χ0v) is 10.4. The number of hydrogen-bond donors (Lipinski definition) is 2. The number of anilines is 1. The van der Waals surface area contributed by atoms with Crippen LogP contribution in [0.2, 0.25) is 0 Å². The number of benzene rings is 2. The third-order valence-corrected chi connectivity index (χ3v) is 2.97. The largest absolute Gasteiger partial charge is 0.508 e. The van der Waals surface area contributed by atoms with Crippen LogP contribution in [0.5, 0.6) is 5.75 Å². The van der Waals surface area contributed by atoms with Crippen LogP contribution < -0.4 is 5.32 Å². The van der Waals surface area contributed by atoms with Crippen LogP contribution in [0.15, 0.2) is 42.5 Å². The second-order valence-electron chi connectivity index (χ2n) is 4.38. The molecule has 0 amide bonds. The van der Waals surface area contributed by atoms with Crippen LogP contribution in [-0.4, -0.2) is 5.11 Å². The highest BCUT2D eigenvalue weighted by Crippen LogP contribution is 2.28. The van der Waals surface area contributed by atoms with Gasteiger partial charge in [-0.15, -0.1) is 0 Å². The maximum absolute atomic E-state index is 13.2. The first kappa shape index (κ1) is 12.4. The summed E-state index contributed by atoms with van der Waals surface area (Å²) in [6.07, 6.45) is 0. The average molecular weight is 245 g/mol. The Morgan fingerprint density at radius 2 is 1.89 bits per heavy atom. The molecule has 0 aromatic heterocycles. The van der Waals surface area contributed by atoms with Crippen molar-refractivity contribution >= 4 is 5.69 Å². The van der Waals surface area contributed by atoms with Crippen molar-refractivity contribution in [2.45, 2.75) is 19.9 Å². The SMILES string of the molecule is Cc1ccccc1NC(C)c1cc(F)ccc1O. The Morgan fingerprint density at radius 1 is 1.17 bits per heavy atom. The first-order chi connectivity index (χ1) is 8.58. The molecule has 0 spiro atoms. The van der Waals surface area contributed by atoms with E-state index >= 15 is 0 Å². The van der Waals surface area contributed by atoms with Gasteiger partial charge in [0, 0.05) is 11.3 Å². The number of aryl methyl sites for hydroxylation is 1. The second-order valence-corrected chi connectivity index (χ2v) is 4.38. The van der Waals surface area contributed by atoms with E-state index in [2.05, 4.69) is 5.32 Å². The van der Waals surface area contributed by atoms with Gasteiger partial charge < -0.3 is 10.4 Å². The number of halogens is 1. The second kappa shape index (κ2) is 5.08. The molecule has 2 aromatic carbocycles. The summed E-state index contributed by atoms with van der Waals surface area (Å²) in [7, 11) is 0. The van der Waals surface area contributed by atoms with Crippen LogP contribution in [-0.2, 0) is 0 Å². The molecule has 0 bridgehead atoms. The quantitative estimate of drug-likeness (QED) is 0.856. The summed E-state index contributed by atoms with van der Waals surface area (Å²) in [5, 5.41) is 13.0. The zero-order valence-electron chi connectivity index (χ0n) is 10.4. The number of phenolic OH excluding ortho intramolecular Hbond substituents is 1. The van der Waals surface area contributed by atoms with E-state index in [0.29, 0.717) is 5.56 Å². The highest BCUT2D eigenvalue weighted by atomic mass is 19.1. The Hall–Kier alpha value is -2.03. The van der Waals surface area contributed by atoms with E-state index < -0.39 is 0 Å². The van der Waals surface area contributed by atoms with E-state index in [9.17, 15) is 9.50 Å². The van der Waals surface area contributed by atoms with E-state index in [4.69, 9.17) is 0 Å². The van der Waals surface area contributed by atoms with Gasteiger partial charge in [-0.2, -0.15) is 0 Å². The monoisotopic (exact) mass is 245 g/mol. The standard InChI is InChI=1S/C15H16FNO/c1-10-5-3-4-6-14(10)17-11(2)13-9-12(16)7-8-15(13)18/h3-9,11,17-18H,1-2H3. The topological polar surface area (TPSA) is 32.3 Å².